The Labute approximate surface area is 249 Å². The lowest BCUT2D eigenvalue weighted by Crippen LogP contribution is -2.50. The fourth-order valence-corrected chi connectivity index (χ4v) is 4.85. The second-order valence-electron chi connectivity index (χ2n) is 9.06. The molecule has 0 radical (unpaired) electrons. The Bertz CT molecular complexity index is 1680. The van der Waals surface area contributed by atoms with Gasteiger partial charge in [-0.1, -0.05) is 40.9 Å². The molecule has 0 unspecified atom stereocenters. The second kappa shape index (κ2) is 12.6. The van der Waals surface area contributed by atoms with Gasteiger partial charge in [0.15, 0.2) is 0 Å². The van der Waals surface area contributed by atoms with Crippen LogP contribution in [-0.4, -0.2) is 58.5 Å². The lowest BCUT2D eigenvalue weighted by atomic mass is 10.0. The van der Waals surface area contributed by atoms with Crippen LogP contribution in [-0.2, 0) is 11.2 Å². The number of hydrogen-bond acceptors (Lipinski definition) is 5. The van der Waals surface area contributed by atoms with Gasteiger partial charge in [-0.2, -0.15) is 13.2 Å². The van der Waals surface area contributed by atoms with Gasteiger partial charge in [0.1, 0.15) is 41.7 Å². The van der Waals surface area contributed by atoms with Crippen LogP contribution in [0.3, 0.4) is 0 Å². The maximum absolute atomic E-state index is 14.7. The molecule has 1 saturated heterocycles. The Morgan fingerprint density at radius 1 is 1.02 bits per heavy atom. The van der Waals surface area contributed by atoms with Gasteiger partial charge in [-0.25, -0.2) is 9.37 Å². The molecular formula is C26H20Cl3F4N5O4. The lowest BCUT2D eigenvalue weighted by molar-refractivity contribution is -0.364. The van der Waals surface area contributed by atoms with Gasteiger partial charge in [-0.15, -0.1) is 0 Å². The summed E-state index contributed by atoms with van der Waals surface area (Å²) in [6.07, 6.45) is -1.64. The van der Waals surface area contributed by atoms with Crippen molar-refractivity contribution < 1.29 is 37.2 Å². The van der Waals surface area contributed by atoms with Gasteiger partial charge in [-0.05, 0) is 29.8 Å². The van der Waals surface area contributed by atoms with Crippen LogP contribution in [0.4, 0.5) is 23.4 Å². The molecule has 5 rings (SSSR count). The minimum Gasteiger partial charge on any atom is -0.542 e. The largest absolute Gasteiger partial charge is 0.542 e. The number of H-pyrrole nitrogens is 2. The average Bonchev–Trinajstić information content (AvgIpc) is 3.26. The number of carbonyl (C=O) groups excluding carboxylic acids is 2. The van der Waals surface area contributed by atoms with E-state index in [1.165, 1.54) is 18.3 Å². The smallest absolute Gasteiger partial charge is 0.430 e. The van der Waals surface area contributed by atoms with Gasteiger partial charge in [0.2, 0.25) is 0 Å². The third-order valence-electron chi connectivity index (χ3n) is 6.33. The van der Waals surface area contributed by atoms with Crippen molar-refractivity contribution in [3.63, 3.8) is 0 Å². The number of aliphatic carboxylic acids is 1. The first-order chi connectivity index (χ1) is 19.8. The third kappa shape index (κ3) is 6.97. The number of rotatable bonds is 4. The van der Waals surface area contributed by atoms with E-state index in [2.05, 4.69) is 14.9 Å². The summed E-state index contributed by atoms with van der Waals surface area (Å²) in [5, 5.41) is 9.88. The summed E-state index contributed by atoms with van der Waals surface area (Å²) >= 11 is 18.4. The molecule has 42 heavy (non-hydrogen) atoms. The predicted molar refractivity (Wildman–Crippen MR) is 144 cm³/mol. The first-order valence-electron chi connectivity index (χ1n) is 12.1. The van der Waals surface area contributed by atoms with Crippen molar-refractivity contribution in [1.29, 1.82) is 0 Å². The van der Waals surface area contributed by atoms with E-state index in [4.69, 9.17) is 44.7 Å². The molecule has 0 aliphatic carbocycles. The second-order valence-corrected chi connectivity index (χ2v) is 10.3. The Kier molecular flexibility index (Phi) is 9.34. The molecule has 2 N–H and O–H groups in total. The molecule has 0 saturated carbocycles. The minimum atomic E-state index is -5.19. The Hall–Kier alpha value is -3.81. The highest BCUT2D eigenvalue weighted by Gasteiger charge is 2.29. The molecule has 0 atom stereocenters. The molecule has 1 fully saturated rings. The lowest BCUT2D eigenvalue weighted by Gasteiger charge is -2.31. The molecule has 0 bridgehead atoms. The summed E-state index contributed by atoms with van der Waals surface area (Å²) in [5.41, 5.74) is 1.33. The van der Waals surface area contributed by atoms with Crippen LogP contribution >= 0.6 is 34.8 Å². The number of piperazine rings is 1. The van der Waals surface area contributed by atoms with Crippen LogP contribution in [0.2, 0.25) is 15.2 Å². The third-order valence-corrected chi connectivity index (χ3v) is 7.32. The van der Waals surface area contributed by atoms with E-state index in [-0.39, 0.29) is 27.2 Å². The van der Waals surface area contributed by atoms with E-state index >= 15 is 0 Å². The number of benzene rings is 1. The molecule has 4 heterocycles. The zero-order chi connectivity index (χ0) is 30.8. The topological polar surface area (TPSA) is 115 Å². The van der Waals surface area contributed by atoms with Gasteiger partial charge in [-0.3, -0.25) is 18.9 Å². The summed E-state index contributed by atoms with van der Waals surface area (Å²) < 4.78 is 47.8. The molecular weight excluding hydrogens is 629 g/mol. The molecule has 1 aliphatic heterocycles. The van der Waals surface area contributed by atoms with E-state index in [0.717, 1.165) is 5.82 Å². The molecule has 1 aromatic carbocycles. The first kappa shape index (κ1) is 31.1. The summed E-state index contributed by atoms with van der Waals surface area (Å²) in [5.74, 6) is -3.04. The van der Waals surface area contributed by atoms with E-state index < -0.39 is 18.0 Å². The standard InChI is InChI=1S/C24H19Cl3FN5O2.C2HF3O2/c25-15-2-4-21(29-12-15)31-5-7-32(8-6-31)24(35)17-10-14(1-3-19(17)28)9-16-13-30-23(34)20-11-18(26)22(27)33(16)20;3-2(4,5)1(6)7/h1-4,10-13H,5-9H2,(H,30,34);(H,6,7). The van der Waals surface area contributed by atoms with Crippen molar-refractivity contribution in [3.8, 4) is 0 Å². The maximum Gasteiger partial charge on any atom is 0.430 e. The number of nitrogens with one attached hydrogen (secondary N) is 2. The quantitative estimate of drug-likeness (QED) is 0.341. The monoisotopic (exact) mass is 647 g/mol. The van der Waals surface area contributed by atoms with Crippen LogP contribution in [0.1, 0.15) is 21.6 Å². The molecule has 9 nitrogen and oxygen atoms in total. The van der Waals surface area contributed by atoms with Crippen LogP contribution in [0.5, 0.6) is 0 Å². The van der Waals surface area contributed by atoms with Gasteiger partial charge >= 0.3 is 6.18 Å². The fraction of sp³-hybridized carbons (Fsp3) is 0.231. The minimum absolute atomic E-state index is 0.00584. The highest BCUT2D eigenvalue weighted by molar-refractivity contribution is 6.42. The van der Waals surface area contributed by atoms with Gasteiger partial charge in [0.25, 0.3) is 17.3 Å². The number of carboxylic acid groups (broad SMARTS) is 1. The number of anilines is 1. The van der Waals surface area contributed by atoms with Crippen LogP contribution in [0, 0.1) is 5.82 Å². The summed E-state index contributed by atoms with van der Waals surface area (Å²) in [6.45, 7) is 2.12. The van der Waals surface area contributed by atoms with Gasteiger partial charge in [0, 0.05) is 24.4 Å². The average molecular weight is 649 g/mol. The number of amides is 1. The van der Waals surface area contributed by atoms with Crippen molar-refractivity contribution in [2.45, 2.75) is 12.6 Å². The zero-order valence-corrected chi connectivity index (χ0v) is 23.5. The Morgan fingerprint density at radius 3 is 2.29 bits per heavy atom. The number of carbonyl (C=O) groups is 2. The molecule has 1 aliphatic rings. The highest BCUT2D eigenvalue weighted by atomic mass is 35.5. The van der Waals surface area contributed by atoms with Crippen molar-refractivity contribution in [3.05, 3.63) is 97.0 Å². The Morgan fingerprint density at radius 2 is 1.69 bits per heavy atom. The molecule has 222 valence electrons. The van der Waals surface area contributed by atoms with Crippen LogP contribution < -0.4 is 20.5 Å². The number of aromatic amines is 2. The van der Waals surface area contributed by atoms with Crippen molar-refractivity contribution in [2.75, 3.05) is 31.1 Å². The predicted octanol–water partition coefficient (Wildman–Crippen LogP) is 3.39. The zero-order valence-electron chi connectivity index (χ0n) is 21.3. The molecule has 4 aromatic rings. The number of pyridine rings is 1. The van der Waals surface area contributed by atoms with E-state index in [1.54, 1.807) is 33.7 Å². The Balaban J connectivity index is 0.000000517. The number of alkyl halides is 3. The SMILES string of the molecule is O=C([O-])C(F)(F)F.O=C(c1cc(Cc2c[nH]c(=O)c3cc(Cl)c(Cl)n23)ccc1F)N1CCN(c2ccc(Cl)c[nH+]2)CC1. The van der Waals surface area contributed by atoms with Crippen LogP contribution in [0.15, 0.2) is 53.6 Å². The first-order valence-corrected chi connectivity index (χ1v) is 13.2. The normalized spacial score (nSPS) is 13.6. The molecule has 1 amide bonds. The summed E-state index contributed by atoms with van der Waals surface area (Å²) in [7, 11) is 0. The summed E-state index contributed by atoms with van der Waals surface area (Å²) in [6, 6.07) is 9.63. The number of fused-ring (bicyclic) bond motifs is 1. The van der Waals surface area contributed by atoms with Gasteiger partial charge in [0.05, 0.1) is 28.7 Å². The highest BCUT2D eigenvalue weighted by Crippen LogP contribution is 2.27. The van der Waals surface area contributed by atoms with E-state index in [0.29, 0.717) is 54.4 Å². The molecule has 16 heteroatoms. The molecule has 0 spiro atoms. The van der Waals surface area contributed by atoms with Crippen molar-refractivity contribution in [1.82, 2.24) is 14.3 Å². The summed E-state index contributed by atoms with van der Waals surface area (Å²) in [4.78, 5) is 43.7. The van der Waals surface area contributed by atoms with Gasteiger partial charge < -0.3 is 19.8 Å². The molecule has 3 aromatic heterocycles. The number of carboxylic acids is 1. The van der Waals surface area contributed by atoms with E-state index in [9.17, 15) is 27.2 Å². The number of aromatic nitrogens is 3. The number of nitrogens with zero attached hydrogens (tertiary/aromatic N) is 3. The van der Waals surface area contributed by atoms with Crippen molar-refractivity contribution in [2.24, 2.45) is 0 Å². The van der Waals surface area contributed by atoms with Crippen LogP contribution in [0.25, 0.3) is 5.52 Å². The van der Waals surface area contributed by atoms with E-state index in [1.807, 2.05) is 6.07 Å². The number of hydrogen-bond donors (Lipinski definition) is 1. The van der Waals surface area contributed by atoms with Crippen molar-refractivity contribution >= 4 is 58.0 Å². The number of halogens is 7. The maximum atomic E-state index is 14.7. The fourth-order valence-electron chi connectivity index (χ4n) is 4.29.